The van der Waals surface area contributed by atoms with Gasteiger partial charge in [0.25, 0.3) is 0 Å². The number of nitrogens with zero attached hydrogens (tertiary/aromatic N) is 1. The van der Waals surface area contributed by atoms with Gasteiger partial charge in [0.2, 0.25) is 5.91 Å². The number of hydrogen-bond donors (Lipinski definition) is 1. The Morgan fingerprint density at radius 2 is 1.73 bits per heavy atom. The monoisotopic (exact) mass is 350 g/mol. The molecule has 3 heteroatoms. The second kappa shape index (κ2) is 8.05. The van der Waals surface area contributed by atoms with Crippen molar-refractivity contribution >= 4 is 5.91 Å². The molecule has 1 aliphatic rings. The maximum absolute atomic E-state index is 13.1. The molecule has 2 atom stereocenters. The molecule has 1 amide bonds. The largest absolute Gasteiger partial charge is 0.342 e. The molecule has 26 heavy (non-hydrogen) atoms. The van der Waals surface area contributed by atoms with Crippen LogP contribution in [0.25, 0.3) is 0 Å². The predicted molar refractivity (Wildman–Crippen MR) is 107 cm³/mol. The van der Waals surface area contributed by atoms with Gasteiger partial charge in [-0.25, -0.2) is 0 Å². The minimum Gasteiger partial charge on any atom is -0.342 e. The van der Waals surface area contributed by atoms with Gasteiger partial charge in [-0.2, -0.15) is 0 Å². The third-order valence-corrected chi connectivity index (χ3v) is 5.68. The summed E-state index contributed by atoms with van der Waals surface area (Å²) in [5.41, 5.74) is 8.72. The first-order valence-corrected chi connectivity index (χ1v) is 9.58. The van der Waals surface area contributed by atoms with Gasteiger partial charge in [0.05, 0.1) is 0 Å². The van der Waals surface area contributed by atoms with Gasteiger partial charge in [0.1, 0.15) is 0 Å². The average molecular weight is 351 g/mol. The zero-order valence-electron chi connectivity index (χ0n) is 15.9. The standard InChI is InChI=1S/C23H30N2O/c1-23(2)17-25(14-13-21(23)24)22(26)16-20(19-11-7-4-8-12-19)15-18-9-5-3-6-10-18/h3-12,20-21H,13-17,24H2,1-2H3. The molecule has 1 fully saturated rings. The highest BCUT2D eigenvalue weighted by molar-refractivity contribution is 5.77. The summed E-state index contributed by atoms with van der Waals surface area (Å²) in [4.78, 5) is 15.1. The van der Waals surface area contributed by atoms with Crippen LogP contribution >= 0.6 is 0 Å². The highest BCUT2D eigenvalue weighted by atomic mass is 16.2. The molecule has 1 aliphatic heterocycles. The van der Waals surface area contributed by atoms with Crippen molar-refractivity contribution in [1.82, 2.24) is 4.90 Å². The van der Waals surface area contributed by atoms with Crippen LogP contribution in [0, 0.1) is 5.41 Å². The molecular weight excluding hydrogens is 320 g/mol. The van der Waals surface area contributed by atoms with Gasteiger partial charge in [-0.1, -0.05) is 74.5 Å². The van der Waals surface area contributed by atoms with Crippen LogP contribution in [0.1, 0.15) is 43.7 Å². The Balaban J connectivity index is 1.74. The molecule has 3 nitrogen and oxygen atoms in total. The van der Waals surface area contributed by atoms with Crippen LogP contribution in [0.4, 0.5) is 0 Å². The second-order valence-corrected chi connectivity index (χ2v) is 8.20. The lowest BCUT2D eigenvalue weighted by molar-refractivity contribution is -0.135. The van der Waals surface area contributed by atoms with E-state index in [0.29, 0.717) is 6.42 Å². The zero-order valence-corrected chi connectivity index (χ0v) is 15.9. The number of hydrogen-bond acceptors (Lipinski definition) is 2. The van der Waals surface area contributed by atoms with Crippen LogP contribution < -0.4 is 5.73 Å². The van der Waals surface area contributed by atoms with Crippen molar-refractivity contribution in [3.63, 3.8) is 0 Å². The molecular formula is C23H30N2O. The molecule has 0 bridgehead atoms. The van der Waals surface area contributed by atoms with Gasteiger partial charge in [-0.3, -0.25) is 4.79 Å². The Hall–Kier alpha value is -2.13. The van der Waals surface area contributed by atoms with Gasteiger partial charge in [0.15, 0.2) is 0 Å². The summed E-state index contributed by atoms with van der Waals surface area (Å²) >= 11 is 0. The van der Waals surface area contributed by atoms with Crippen LogP contribution in [0.15, 0.2) is 60.7 Å². The van der Waals surface area contributed by atoms with E-state index in [1.54, 1.807) is 0 Å². The summed E-state index contributed by atoms with van der Waals surface area (Å²) in [6.07, 6.45) is 2.31. The van der Waals surface area contributed by atoms with E-state index >= 15 is 0 Å². The lowest BCUT2D eigenvalue weighted by Gasteiger charge is -2.43. The summed E-state index contributed by atoms with van der Waals surface area (Å²) in [6.45, 7) is 5.85. The van der Waals surface area contributed by atoms with E-state index in [4.69, 9.17) is 5.73 Å². The lowest BCUT2D eigenvalue weighted by Crippen LogP contribution is -2.54. The van der Waals surface area contributed by atoms with Gasteiger partial charge >= 0.3 is 0 Å². The summed E-state index contributed by atoms with van der Waals surface area (Å²) < 4.78 is 0. The van der Waals surface area contributed by atoms with E-state index < -0.39 is 0 Å². The Kier molecular flexibility index (Phi) is 5.77. The fourth-order valence-electron chi connectivity index (χ4n) is 3.86. The maximum Gasteiger partial charge on any atom is 0.223 e. The Morgan fingerprint density at radius 3 is 2.35 bits per heavy atom. The summed E-state index contributed by atoms with van der Waals surface area (Å²) in [7, 11) is 0. The first kappa shape index (κ1) is 18.7. The minimum atomic E-state index is -0.0183. The van der Waals surface area contributed by atoms with Crippen molar-refractivity contribution in [2.24, 2.45) is 11.1 Å². The minimum absolute atomic E-state index is 0.0183. The van der Waals surface area contributed by atoms with Gasteiger partial charge in [0, 0.05) is 25.6 Å². The molecule has 138 valence electrons. The maximum atomic E-state index is 13.1. The Morgan fingerprint density at radius 1 is 1.12 bits per heavy atom. The molecule has 2 N–H and O–H groups in total. The van der Waals surface area contributed by atoms with E-state index in [1.807, 2.05) is 17.0 Å². The van der Waals surface area contributed by atoms with Gasteiger partial charge in [-0.15, -0.1) is 0 Å². The van der Waals surface area contributed by atoms with Crippen molar-refractivity contribution in [2.45, 2.75) is 45.1 Å². The second-order valence-electron chi connectivity index (χ2n) is 8.20. The number of piperidine rings is 1. The molecule has 2 aromatic carbocycles. The molecule has 0 aliphatic carbocycles. The van der Waals surface area contributed by atoms with Gasteiger partial charge in [-0.05, 0) is 35.3 Å². The predicted octanol–water partition coefficient (Wildman–Crippen LogP) is 3.99. The number of benzene rings is 2. The topological polar surface area (TPSA) is 46.3 Å². The van der Waals surface area contributed by atoms with E-state index in [1.165, 1.54) is 11.1 Å². The van der Waals surface area contributed by atoms with Crippen LogP contribution in [0.5, 0.6) is 0 Å². The number of amides is 1. The van der Waals surface area contributed by atoms with Crippen molar-refractivity contribution < 1.29 is 4.79 Å². The number of carbonyl (C=O) groups excluding carboxylic acids is 1. The molecule has 2 unspecified atom stereocenters. The van der Waals surface area contributed by atoms with E-state index in [0.717, 1.165) is 25.9 Å². The van der Waals surface area contributed by atoms with E-state index in [9.17, 15) is 4.79 Å². The van der Waals surface area contributed by atoms with E-state index in [-0.39, 0.29) is 23.3 Å². The fourth-order valence-corrected chi connectivity index (χ4v) is 3.86. The molecule has 1 heterocycles. The molecule has 3 rings (SSSR count). The first-order chi connectivity index (χ1) is 12.5. The average Bonchev–Trinajstić information content (AvgIpc) is 2.65. The fraction of sp³-hybridized carbons (Fsp3) is 0.435. The Labute approximate surface area is 157 Å². The normalized spacial score (nSPS) is 20.6. The summed E-state index contributed by atoms with van der Waals surface area (Å²) in [6, 6.07) is 21.0. The Bertz CT molecular complexity index is 712. The highest BCUT2D eigenvalue weighted by Crippen LogP contribution is 2.30. The summed E-state index contributed by atoms with van der Waals surface area (Å²) in [5, 5.41) is 0. The molecule has 0 radical (unpaired) electrons. The van der Waals surface area contributed by atoms with Crippen LogP contribution in [-0.4, -0.2) is 29.9 Å². The molecule has 0 aromatic heterocycles. The van der Waals surface area contributed by atoms with Crippen molar-refractivity contribution in [3.05, 3.63) is 71.8 Å². The number of rotatable bonds is 5. The van der Waals surface area contributed by atoms with Crippen molar-refractivity contribution in [2.75, 3.05) is 13.1 Å². The third-order valence-electron chi connectivity index (χ3n) is 5.68. The summed E-state index contributed by atoms with van der Waals surface area (Å²) in [5.74, 6) is 0.444. The van der Waals surface area contributed by atoms with Gasteiger partial charge < -0.3 is 10.6 Å². The smallest absolute Gasteiger partial charge is 0.223 e. The van der Waals surface area contributed by atoms with E-state index in [2.05, 4.69) is 62.4 Å². The third kappa shape index (κ3) is 4.53. The molecule has 0 saturated carbocycles. The molecule has 0 spiro atoms. The molecule has 1 saturated heterocycles. The first-order valence-electron chi connectivity index (χ1n) is 9.58. The number of carbonyl (C=O) groups is 1. The van der Waals surface area contributed by atoms with Crippen LogP contribution in [-0.2, 0) is 11.2 Å². The SMILES string of the molecule is CC1(C)CN(C(=O)CC(Cc2ccccc2)c2ccccc2)CCC1N. The quantitative estimate of drug-likeness (QED) is 0.886. The zero-order chi connectivity index (χ0) is 18.6. The van der Waals surface area contributed by atoms with Crippen molar-refractivity contribution in [3.8, 4) is 0 Å². The van der Waals surface area contributed by atoms with Crippen LogP contribution in [0.3, 0.4) is 0 Å². The van der Waals surface area contributed by atoms with Crippen LogP contribution in [0.2, 0.25) is 0 Å². The molecule has 2 aromatic rings. The van der Waals surface area contributed by atoms with Crippen molar-refractivity contribution in [1.29, 1.82) is 0 Å². The number of likely N-dealkylation sites (tertiary alicyclic amines) is 1. The highest BCUT2D eigenvalue weighted by Gasteiger charge is 2.35. The lowest BCUT2D eigenvalue weighted by atomic mass is 9.79. The number of nitrogens with two attached hydrogens (primary N) is 1.